The van der Waals surface area contributed by atoms with Crippen molar-refractivity contribution in [2.45, 2.75) is 25.9 Å². The van der Waals surface area contributed by atoms with Crippen LogP contribution in [0, 0.1) is 0 Å². The summed E-state index contributed by atoms with van der Waals surface area (Å²) in [5.74, 6) is 1.14. The van der Waals surface area contributed by atoms with Gasteiger partial charge >= 0.3 is 6.09 Å². The third-order valence-corrected chi connectivity index (χ3v) is 3.33. The number of imidazole rings is 1. The van der Waals surface area contributed by atoms with Crippen LogP contribution in [-0.2, 0) is 19.5 Å². The number of carbonyl (C=O) groups is 1. The summed E-state index contributed by atoms with van der Waals surface area (Å²) in [6.07, 6.45) is 3.28. The molecule has 1 aromatic heterocycles. The maximum atomic E-state index is 10.5. The Morgan fingerprint density at radius 3 is 3.16 bits per heavy atom. The molecule has 0 saturated carbocycles. The van der Waals surface area contributed by atoms with E-state index in [-0.39, 0.29) is 0 Å². The van der Waals surface area contributed by atoms with Crippen molar-refractivity contribution in [3.8, 4) is 11.3 Å². The van der Waals surface area contributed by atoms with Crippen molar-refractivity contribution in [1.82, 2.24) is 14.9 Å². The van der Waals surface area contributed by atoms with Gasteiger partial charge in [0.05, 0.1) is 5.69 Å². The zero-order valence-corrected chi connectivity index (χ0v) is 10.5. The molecule has 19 heavy (non-hydrogen) atoms. The fourth-order valence-electron chi connectivity index (χ4n) is 2.41. The molecule has 5 nitrogen and oxygen atoms in total. The highest BCUT2D eigenvalue weighted by atomic mass is 16.4. The van der Waals surface area contributed by atoms with E-state index in [1.165, 1.54) is 6.42 Å². The highest BCUT2D eigenvalue weighted by Crippen LogP contribution is 2.23. The predicted molar refractivity (Wildman–Crippen MR) is 70.8 cm³/mol. The Bertz CT molecular complexity index is 597. The van der Waals surface area contributed by atoms with Crippen LogP contribution in [0.5, 0.6) is 0 Å². The minimum atomic E-state index is -1.01. The molecule has 0 bridgehead atoms. The Hall–Kier alpha value is -2.30. The van der Waals surface area contributed by atoms with Gasteiger partial charge in [-0.05, 0) is 18.1 Å². The van der Waals surface area contributed by atoms with Crippen LogP contribution in [0.1, 0.15) is 17.8 Å². The van der Waals surface area contributed by atoms with Gasteiger partial charge in [-0.25, -0.2) is 9.78 Å². The van der Waals surface area contributed by atoms with Crippen molar-refractivity contribution in [3.63, 3.8) is 0 Å². The van der Waals surface area contributed by atoms with Gasteiger partial charge in [0.1, 0.15) is 5.82 Å². The molecule has 1 aromatic carbocycles. The van der Waals surface area contributed by atoms with E-state index in [1.54, 1.807) is 0 Å². The van der Waals surface area contributed by atoms with Crippen LogP contribution in [0.2, 0.25) is 0 Å². The molecular formula is C14H15N3O2. The van der Waals surface area contributed by atoms with Crippen LogP contribution < -0.4 is 5.32 Å². The second-order valence-electron chi connectivity index (χ2n) is 4.70. The SMILES string of the molecule is O=C(O)NCc1cccc(-c2cn3c(n2)CCC3)c1. The van der Waals surface area contributed by atoms with Gasteiger partial charge in [0.15, 0.2) is 0 Å². The molecule has 0 aliphatic carbocycles. The largest absolute Gasteiger partial charge is 0.465 e. The molecule has 1 amide bonds. The van der Waals surface area contributed by atoms with Gasteiger partial charge in [-0.2, -0.15) is 0 Å². The summed E-state index contributed by atoms with van der Waals surface area (Å²) in [5, 5.41) is 11.0. The predicted octanol–water partition coefficient (Wildman–Crippen LogP) is 2.26. The minimum Gasteiger partial charge on any atom is -0.465 e. The third-order valence-electron chi connectivity index (χ3n) is 3.33. The summed E-state index contributed by atoms with van der Waals surface area (Å²) in [6.45, 7) is 1.36. The molecule has 0 atom stereocenters. The number of amides is 1. The van der Waals surface area contributed by atoms with E-state index < -0.39 is 6.09 Å². The van der Waals surface area contributed by atoms with Crippen LogP contribution in [0.15, 0.2) is 30.5 Å². The second kappa shape index (κ2) is 4.76. The zero-order valence-electron chi connectivity index (χ0n) is 10.5. The zero-order chi connectivity index (χ0) is 13.2. The monoisotopic (exact) mass is 257 g/mol. The lowest BCUT2D eigenvalue weighted by Crippen LogP contribution is -2.19. The van der Waals surface area contributed by atoms with Crippen molar-refractivity contribution >= 4 is 6.09 Å². The summed E-state index contributed by atoms with van der Waals surface area (Å²) in [7, 11) is 0. The lowest BCUT2D eigenvalue weighted by atomic mass is 10.1. The quantitative estimate of drug-likeness (QED) is 0.886. The number of nitrogens with one attached hydrogen (secondary N) is 1. The van der Waals surface area contributed by atoms with Gasteiger partial charge < -0.3 is 15.0 Å². The number of benzene rings is 1. The van der Waals surface area contributed by atoms with E-state index >= 15 is 0 Å². The lowest BCUT2D eigenvalue weighted by molar-refractivity contribution is 0.194. The first-order chi connectivity index (χ1) is 9.22. The van der Waals surface area contributed by atoms with Crippen molar-refractivity contribution < 1.29 is 9.90 Å². The van der Waals surface area contributed by atoms with Crippen molar-refractivity contribution in [2.24, 2.45) is 0 Å². The van der Waals surface area contributed by atoms with Crippen molar-refractivity contribution in [2.75, 3.05) is 0 Å². The average molecular weight is 257 g/mol. The summed E-state index contributed by atoms with van der Waals surface area (Å²) in [6, 6.07) is 7.82. The fourth-order valence-corrected chi connectivity index (χ4v) is 2.41. The Kier molecular flexibility index (Phi) is 2.95. The first kappa shape index (κ1) is 11.8. The maximum absolute atomic E-state index is 10.5. The third kappa shape index (κ3) is 2.45. The molecule has 5 heteroatoms. The van der Waals surface area contributed by atoms with E-state index in [9.17, 15) is 4.79 Å². The summed E-state index contributed by atoms with van der Waals surface area (Å²) in [4.78, 5) is 15.1. The van der Waals surface area contributed by atoms with Gasteiger partial charge in [0.25, 0.3) is 0 Å². The summed E-state index contributed by atoms with van der Waals surface area (Å²) >= 11 is 0. The number of aromatic nitrogens is 2. The highest BCUT2D eigenvalue weighted by Gasteiger charge is 2.14. The fraction of sp³-hybridized carbons (Fsp3) is 0.286. The summed E-state index contributed by atoms with van der Waals surface area (Å²) in [5.41, 5.74) is 2.94. The van der Waals surface area contributed by atoms with Crippen LogP contribution in [0.3, 0.4) is 0 Å². The van der Waals surface area contributed by atoms with E-state index in [0.29, 0.717) is 6.54 Å². The first-order valence-electron chi connectivity index (χ1n) is 6.34. The van der Waals surface area contributed by atoms with Gasteiger partial charge in [0, 0.05) is 31.3 Å². The molecule has 0 unspecified atom stereocenters. The van der Waals surface area contributed by atoms with Crippen molar-refractivity contribution in [3.05, 3.63) is 41.9 Å². The maximum Gasteiger partial charge on any atom is 0.404 e. The number of carboxylic acid groups (broad SMARTS) is 1. The number of rotatable bonds is 3. The van der Waals surface area contributed by atoms with Crippen LogP contribution in [0.4, 0.5) is 4.79 Å². The second-order valence-corrected chi connectivity index (χ2v) is 4.70. The Morgan fingerprint density at radius 1 is 1.47 bits per heavy atom. The molecule has 3 rings (SSSR count). The summed E-state index contributed by atoms with van der Waals surface area (Å²) < 4.78 is 2.19. The standard InChI is InChI=1S/C14H15N3O2/c18-14(19)15-8-10-3-1-4-11(7-10)12-9-17-6-2-5-13(17)16-12/h1,3-4,7,9,15H,2,5-6,8H2,(H,18,19). The van der Waals surface area contributed by atoms with Gasteiger partial charge in [0.2, 0.25) is 0 Å². The molecule has 0 spiro atoms. The van der Waals surface area contributed by atoms with Gasteiger partial charge in [-0.15, -0.1) is 0 Å². The van der Waals surface area contributed by atoms with E-state index in [2.05, 4.69) is 21.1 Å². The first-order valence-corrected chi connectivity index (χ1v) is 6.34. The molecule has 1 aliphatic heterocycles. The molecule has 0 radical (unpaired) electrons. The van der Waals surface area contributed by atoms with Crippen LogP contribution in [0.25, 0.3) is 11.3 Å². The van der Waals surface area contributed by atoms with E-state index in [1.807, 2.05) is 24.3 Å². The molecule has 2 heterocycles. The number of nitrogens with zero attached hydrogens (tertiary/aromatic N) is 2. The topological polar surface area (TPSA) is 67.2 Å². The molecule has 0 saturated heterocycles. The molecular weight excluding hydrogens is 242 g/mol. The van der Waals surface area contributed by atoms with Gasteiger partial charge in [-0.1, -0.05) is 18.2 Å². The number of hydrogen-bond acceptors (Lipinski definition) is 2. The van der Waals surface area contributed by atoms with Crippen LogP contribution in [-0.4, -0.2) is 20.8 Å². The minimum absolute atomic E-state index is 0.316. The average Bonchev–Trinajstić information content (AvgIpc) is 2.97. The Labute approximate surface area is 110 Å². The Balaban J connectivity index is 1.83. The van der Waals surface area contributed by atoms with Crippen LogP contribution >= 0.6 is 0 Å². The number of aryl methyl sites for hydroxylation is 2. The lowest BCUT2D eigenvalue weighted by Gasteiger charge is -2.03. The van der Waals surface area contributed by atoms with Gasteiger partial charge in [-0.3, -0.25) is 0 Å². The molecule has 98 valence electrons. The number of hydrogen-bond donors (Lipinski definition) is 2. The Morgan fingerprint density at radius 2 is 2.37 bits per heavy atom. The normalized spacial score (nSPS) is 13.3. The number of fused-ring (bicyclic) bond motifs is 1. The smallest absolute Gasteiger partial charge is 0.404 e. The van der Waals surface area contributed by atoms with E-state index in [4.69, 9.17) is 5.11 Å². The molecule has 0 fully saturated rings. The molecule has 1 aliphatic rings. The van der Waals surface area contributed by atoms with Crippen molar-refractivity contribution in [1.29, 1.82) is 0 Å². The van der Waals surface area contributed by atoms with E-state index in [0.717, 1.165) is 35.6 Å². The molecule has 2 aromatic rings. The highest BCUT2D eigenvalue weighted by molar-refractivity contribution is 5.65. The molecule has 2 N–H and O–H groups in total.